The van der Waals surface area contributed by atoms with Gasteiger partial charge in [0.25, 0.3) is 0 Å². The molecule has 2 aromatic heterocycles. The van der Waals surface area contributed by atoms with Gasteiger partial charge in [0.05, 0.1) is 26.2 Å². The molecule has 0 fully saturated rings. The molecule has 0 saturated carbocycles. The second kappa shape index (κ2) is 9.67. The summed E-state index contributed by atoms with van der Waals surface area (Å²) in [5.41, 5.74) is 1.19. The molecule has 1 atom stereocenters. The van der Waals surface area contributed by atoms with E-state index in [1.165, 1.54) is 25.9 Å². The molecule has 0 aromatic carbocycles. The molecule has 24 heavy (non-hydrogen) atoms. The van der Waals surface area contributed by atoms with E-state index in [2.05, 4.69) is 61.5 Å². The molecule has 2 aromatic rings. The van der Waals surface area contributed by atoms with Gasteiger partial charge in [-0.2, -0.15) is 22.7 Å². The number of rotatable bonds is 9. The minimum Gasteiger partial charge on any atom is -1.00 e. The van der Waals surface area contributed by atoms with Crippen LogP contribution in [0.5, 0.6) is 0 Å². The zero-order valence-electron chi connectivity index (χ0n) is 15.2. The molecule has 0 aliphatic rings. The molecular formula is C19H30INOS2. The first-order valence-corrected chi connectivity index (χ1v) is 10.5. The van der Waals surface area contributed by atoms with Crippen LogP contribution in [0.3, 0.4) is 0 Å². The van der Waals surface area contributed by atoms with Crippen LogP contribution in [-0.4, -0.2) is 35.8 Å². The molecule has 1 N–H and O–H groups in total. The molecule has 0 aliphatic heterocycles. The normalized spacial score (nSPS) is 13.5. The van der Waals surface area contributed by atoms with Gasteiger partial charge >= 0.3 is 0 Å². The zero-order chi connectivity index (χ0) is 16.9. The van der Waals surface area contributed by atoms with E-state index in [9.17, 15) is 5.11 Å². The summed E-state index contributed by atoms with van der Waals surface area (Å²) in [5, 5.41) is 19.9. The van der Waals surface area contributed by atoms with Crippen molar-refractivity contribution in [2.45, 2.75) is 51.7 Å². The van der Waals surface area contributed by atoms with Crippen molar-refractivity contribution in [1.29, 1.82) is 0 Å². The van der Waals surface area contributed by atoms with Gasteiger partial charge in [0.2, 0.25) is 0 Å². The van der Waals surface area contributed by atoms with Crippen molar-refractivity contribution in [1.82, 2.24) is 0 Å². The van der Waals surface area contributed by atoms with Crippen LogP contribution in [0.4, 0.5) is 0 Å². The maximum atomic E-state index is 11.6. The van der Waals surface area contributed by atoms with E-state index in [0.717, 1.165) is 22.0 Å². The topological polar surface area (TPSA) is 20.2 Å². The second-order valence-electron chi connectivity index (χ2n) is 6.86. The fourth-order valence-corrected chi connectivity index (χ4v) is 5.07. The third-order valence-corrected chi connectivity index (χ3v) is 6.49. The summed E-state index contributed by atoms with van der Waals surface area (Å²) in [4.78, 5) is 0. The van der Waals surface area contributed by atoms with E-state index in [1.54, 1.807) is 22.7 Å². The Bertz CT molecular complexity index is 528. The molecular weight excluding hydrogens is 449 g/mol. The lowest BCUT2D eigenvalue weighted by Crippen LogP contribution is -3.00. The van der Waals surface area contributed by atoms with Crippen molar-refractivity contribution in [3.63, 3.8) is 0 Å². The molecule has 2 heterocycles. The van der Waals surface area contributed by atoms with Crippen molar-refractivity contribution in [3.8, 4) is 0 Å². The van der Waals surface area contributed by atoms with Gasteiger partial charge in [0, 0.05) is 6.42 Å². The first-order valence-electron chi connectivity index (χ1n) is 8.58. The number of quaternary nitrogens is 1. The molecule has 0 bridgehead atoms. The third kappa shape index (κ3) is 4.81. The quantitative estimate of drug-likeness (QED) is 0.432. The van der Waals surface area contributed by atoms with E-state index in [1.807, 2.05) is 0 Å². The number of aliphatic hydroxyl groups is 1. The Hall–Kier alpha value is 0.0500. The molecule has 2 nitrogen and oxygen atoms in total. The Morgan fingerprint density at radius 1 is 1.04 bits per heavy atom. The third-order valence-electron chi connectivity index (χ3n) is 5.12. The van der Waals surface area contributed by atoms with Crippen molar-refractivity contribution in [3.05, 3.63) is 44.8 Å². The van der Waals surface area contributed by atoms with Gasteiger partial charge in [-0.1, -0.05) is 13.8 Å². The van der Waals surface area contributed by atoms with Gasteiger partial charge in [-0.05, 0) is 64.5 Å². The molecule has 0 spiro atoms. The number of nitrogens with zero attached hydrogens (tertiary/aromatic N) is 1. The SMILES string of the molecule is CCC[N+](C)(CCC)C(C)CC(O)(c1ccsc1)c1ccsc1.[I-]. The number of hydrogen-bond acceptors (Lipinski definition) is 3. The van der Waals surface area contributed by atoms with E-state index >= 15 is 0 Å². The van der Waals surface area contributed by atoms with Crippen molar-refractivity contribution in [2.75, 3.05) is 20.1 Å². The number of halogens is 1. The van der Waals surface area contributed by atoms with Gasteiger partial charge in [-0.15, -0.1) is 0 Å². The molecule has 136 valence electrons. The van der Waals surface area contributed by atoms with Gasteiger partial charge in [0.1, 0.15) is 5.60 Å². The van der Waals surface area contributed by atoms with Crippen molar-refractivity contribution in [2.24, 2.45) is 0 Å². The Balaban J connectivity index is 0.00000288. The van der Waals surface area contributed by atoms with Gasteiger partial charge in [0.15, 0.2) is 0 Å². The second-order valence-corrected chi connectivity index (χ2v) is 8.42. The highest BCUT2D eigenvalue weighted by Crippen LogP contribution is 2.38. The fraction of sp³-hybridized carbons (Fsp3) is 0.579. The van der Waals surface area contributed by atoms with Gasteiger partial charge < -0.3 is 33.6 Å². The summed E-state index contributed by atoms with van der Waals surface area (Å²) in [7, 11) is 2.35. The highest BCUT2D eigenvalue weighted by atomic mass is 127. The number of hydrogen-bond donors (Lipinski definition) is 1. The van der Waals surface area contributed by atoms with Crippen LogP contribution in [0.1, 0.15) is 51.2 Å². The Morgan fingerprint density at radius 2 is 1.50 bits per heavy atom. The summed E-state index contributed by atoms with van der Waals surface area (Å²) in [6, 6.07) is 4.54. The van der Waals surface area contributed by atoms with E-state index < -0.39 is 5.60 Å². The predicted molar refractivity (Wildman–Crippen MR) is 102 cm³/mol. The molecule has 0 saturated heterocycles. The molecule has 0 radical (unpaired) electrons. The molecule has 5 heteroatoms. The predicted octanol–water partition coefficient (Wildman–Crippen LogP) is 2.09. The monoisotopic (exact) mass is 479 g/mol. The maximum Gasteiger partial charge on any atom is 0.122 e. The molecule has 0 amide bonds. The number of thiophene rings is 2. The minimum absolute atomic E-state index is 0. The Labute approximate surface area is 172 Å². The van der Waals surface area contributed by atoms with Crippen molar-refractivity contribution < 1.29 is 33.6 Å². The van der Waals surface area contributed by atoms with Crippen molar-refractivity contribution >= 4 is 22.7 Å². The highest BCUT2D eigenvalue weighted by molar-refractivity contribution is 7.08. The van der Waals surface area contributed by atoms with E-state index in [0.29, 0.717) is 6.04 Å². The summed E-state index contributed by atoms with van der Waals surface area (Å²) < 4.78 is 1.03. The largest absolute Gasteiger partial charge is 1.00 e. The molecule has 2 rings (SSSR count). The first-order chi connectivity index (χ1) is 11.0. The Morgan fingerprint density at radius 3 is 1.83 bits per heavy atom. The van der Waals surface area contributed by atoms with Gasteiger partial charge in [-0.25, -0.2) is 0 Å². The van der Waals surface area contributed by atoms with Crippen LogP contribution < -0.4 is 24.0 Å². The van der Waals surface area contributed by atoms with Crippen LogP contribution in [0, 0.1) is 0 Å². The van der Waals surface area contributed by atoms with Crippen LogP contribution in [-0.2, 0) is 5.60 Å². The van der Waals surface area contributed by atoms with Crippen LogP contribution in [0.25, 0.3) is 0 Å². The molecule has 0 aliphatic carbocycles. The average molecular weight is 479 g/mol. The van der Waals surface area contributed by atoms with Gasteiger partial charge in [-0.3, -0.25) is 0 Å². The average Bonchev–Trinajstić information content (AvgIpc) is 3.21. The standard InChI is InChI=1S/C19H30NOS2.HI/c1-5-9-20(4,10-6-2)16(3)13-19(21,17-7-11-22-14-17)18-8-12-23-15-18;/h7-8,11-12,14-16,21H,5-6,9-10,13H2,1-4H3;1H/q+1;/p-1. The van der Waals surface area contributed by atoms with E-state index in [-0.39, 0.29) is 24.0 Å². The lowest BCUT2D eigenvalue weighted by Gasteiger charge is -2.43. The summed E-state index contributed by atoms with van der Waals surface area (Å²) in [6.45, 7) is 9.14. The lowest BCUT2D eigenvalue weighted by atomic mass is 9.83. The summed E-state index contributed by atoms with van der Waals surface area (Å²) >= 11 is 3.31. The van der Waals surface area contributed by atoms with Crippen LogP contribution >= 0.6 is 22.7 Å². The molecule has 1 unspecified atom stereocenters. The Kier molecular flexibility index (Phi) is 8.90. The zero-order valence-corrected chi connectivity index (χ0v) is 19.0. The summed E-state index contributed by atoms with van der Waals surface area (Å²) in [6.07, 6.45) is 3.11. The fourth-order valence-electron chi connectivity index (χ4n) is 3.62. The maximum absolute atomic E-state index is 11.6. The lowest BCUT2D eigenvalue weighted by molar-refractivity contribution is -0.932. The van der Waals surface area contributed by atoms with E-state index in [4.69, 9.17) is 0 Å². The highest BCUT2D eigenvalue weighted by Gasteiger charge is 2.39. The van der Waals surface area contributed by atoms with Crippen LogP contribution in [0.2, 0.25) is 0 Å². The summed E-state index contributed by atoms with van der Waals surface area (Å²) in [5.74, 6) is 0. The van der Waals surface area contributed by atoms with Crippen LogP contribution in [0.15, 0.2) is 33.7 Å². The first kappa shape index (κ1) is 22.1. The smallest absolute Gasteiger partial charge is 0.122 e. The minimum atomic E-state index is -0.875.